The molecule has 0 bridgehead atoms. The van der Waals surface area contributed by atoms with E-state index in [1.54, 1.807) is 48.8 Å². The van der Waals surface area contributed by atoms with Crippen LogP contribution in [0.25, 0.3) is 0 Å². The Morgan fingerprint density at radius 3 is 1.71 bits per heavy atom. The fourth-order valence-electron chi connectivity index (χ4n) is 15.6. The number of carbonyl (C=O) groups excluding carboxylic acids is 15. The number of primary amides is 1. The van der Waals surface area contributed by atoms with Crippen LogP contribution in [-0.4, -0.2) is 273 Å². The Hall–Kier alpha value is -10.1. The Morgan fingerprint density at radius 1 is 0.574 bits per heavy atom. The van der Waals surface area contributed by atoms with Gasteiger partial charge in [0.25, 0.3) is 5.08 Å². The summed E-state index contributed by atoms with van der Waals surface area (Å²) in [5, 5.41) is 45.7. The number of amides is 14. The summed E-state index contributed by atoms with van der Waals surface area (Å²) in [5.41, 5.74) is 13.8. The van der Waals surface area contributed by atoms with Crippen LogP contribution in [0.4, 0.5) is 16.2 Å². The predicted octanol–water partition coefficient (Wildman–Crippen LogP) is 3.10. The number of carboxylic acid groups (broad SMARTS) is 1. The van der Waals surface area contributed by atoms with Gasteiger partial charge in [-0.05, 0) is 163 Å². The number of carboxylic acids is 1. The first-order valence-corrected chi connectivity index (χ1v) is 50.7. The van der Waals surface area contributed by atoms with Crippen LogP contribution < -0.4 is 70.0 Å². The lowest BCUT2D eigenvalue weighted by atomic mass is 9.79. The lowest BCUT2D eigenvalue weighted by Crippen LogP contribution is -2.63. The number of thioether (sulfide) groups is 1. The maximum Gasteiger partial charge on any atom is 0.369 e. The minimum Gasteiger partial charge on any atom is -0.481 e. The third-order valence-electron chi connectivity index (χ3n) is 23.5. The molecule has 2 saturated carbocycles. The summed E-state index contributed by atoms with van der Waals surface area (Å²) < 4.78 is 45.4. The highest BCUT2D eigenvalue weighted by molar-refractivity contribution is 8.00. The van der Waals surface area contributed by atoms with Gasteiger partial charge in [-0.2, -0.15) is 0 Å². The maximum atomic E-state index is 14.5. The van der Waals surface area contributed by atoms with Crippen LogP contribution in [0.1, 0.15) is 203 Å². The molecule has 6 rings (SSSR count). The molecule has 2 aliphatic carbocycles. The number of ether oxygens (including phenoxy) is 4. The molecule has 3 fully saturated rings. The van der Waals surface area contributed by atoms with Crippen molar-refractivity contribution in [1.82, 2.24) is 57.7 Å². The van der Waals surface area contributed by atoms with Crippen molar-refractivity contribution in [3.05, 3.63) is 89.7 Å². The van der Waals surface area contributed by atoms with E-state index in [-0.39, 0.29) is 260 Å². The van der Waals surface area contributed by atoms with Gasteiger partial charge in [-0.3, -0.25) is 90.9 Å². The van der Waals surface area contributed by atoms with Gasteiger partial charge >= 0.3 is 27.2 Å². The van der Waals surface area contributed by atoms with Crippen molar-refractivity contribution in [3.63, 3.8) is 0 Å². The molecule has 0 spiro atoms. The van der Waals surface area contributed by atoms with Crippen LogP contribution >= 0.6 is 27.0 Å². The van der Waals surface area contributed by atoms with Gasteiger partial charge in [0.05, 0.1) is 64.1 Å². The monoisotopic (exact) mass is 1970 g/mol. The number of para-hydroxylation sites is 1. The molecule has 14 amide bonds. The summed E-state index contributed by atoms with van der Waals surface area (Å²) in [6, 6.07) is 13.9. The average Bonchev–Trinajstić information content (AvgIpc) is 0.914. The Labute approximate surface area is 795 Å². The summed E-state index contributed by atoms with van der Waals surface area (Å²) >= 11 is 1.08. The third-order valence-corrected chi connectivity index (χ3v) is 28.7. The van der Waals surface area contributed by atoms with Crippen molar-refractivity contribution >= 4 is 133 Å². The largest absolute Gasteiger partial charge is 0.481 e. The van der Waals surface area contributed by atoms with Gasteiger partial charge in [-0.1, -0.05) is 62.1 Å². The van der Waals surface area contributed by atoms with Crippen LogP contribution in [0.2, 0.25) is 0 Å². The lowest BCUT2D eigenvalue weighted by molar-refractivity contribution is -0.140. The summed E-state index contributed by atoms with van der Waals surface area (Å²) in [5.74, 6) is -8.64. The van der Waals surface area contributed by atoms with E-state index in [4.69, 9.17) is 30.4 Å². The van der Waals surface area contributed by atoms with Crippen LogP contribution in [-0.2, 0) is 113 Å². The van der Waals surface area contributed by atoms with Crippen molar-refractivity contribution in [3.8, 4) is 0 Å². The number of carbonyl (C=O) groups is 16. The Balaban J connectivity index is 0.759. The van der Waals surface area contributed by atoms with Gasteiger partial charge in [0.2, 0.25) is 70.9 Å². The number of imide groups is 1. The molecule has 21 N–H and O–H groups in total. The minimum absolute atomic E-state index is 0.00480. The minimum atomic E-state index is -5.60. The second-order valence-corrected chi connectivity index (χ2v) is 39.4. The van der Waals surface area contributed by atoms with Gasteiger partial charge in [0.1, 0.15) is 29.2 Å². The molecule has 2 heterocycles. The van der Waals surface area contributed by atoms with Gasteiger partial charge < -0.3 is 119 Å². The number of aryl methyl sites for hydroxylation is 2. The topological polar surface area (TPSA) is 666 Å². The standard InChI is InChI=1S/C90H137N15O28P2S/c1-61-15-3-4-18-70(61)103-88(122)100-67-30-25-62(26-31-67)55-68(106)56-66(17-6-11-41-94-75(108)32-27-63-16-14-40-93-58-63)83(117)102-72(20-13-22-81(114)115)85(119)104-89(37-8-2-9-38-89)87(121)99-46-50-133-54-53-132-48-44-96-77(110)34-33-76(109)95-43-47-130-51-52-131-49-45-97-78(111)35-36-79(112)101-71(82(92)116)19-7-12-42-98-84(118)69(91)60-136-74-57-80(113)105(86(74)120)59-64-23-28-65(29-24-64)73(107)21-5-10-39-90(123,134(124,125)126)135(127,128)129/h3-4,14-16,18,25-26,30-31,40,58,64-66,69,71-72,74,123H,2,5-13,17,19-24,27-29,32-39,41-57,59-60,91H2,1H3,(H2,92,116)(H,94,108)(H,95,109)(H,96,110)(H,97,111)(H,98,118)(H,99,121)(H,101,112)(H,102,117)(H,104,119)(H,114,115)(H2,100,103,122)(H2,124,125,126)(H2,127,128,129)/t64?,65?,66-,69-,71+,72+,74?/m1/s1. The van der Waals surface area contributed by atoms with Crippen molar-refractivity contribution in [2.75, 3.05) is 115 Å². The first-order chi connectivity index (χ1) is 64.8. The van der Waals surface area contributed by atoms with E-state index < -0.39 is 121 Å². The quantitative estimate of drug-likeness (QED) is 0.0219. The van der Waals surface area contributed by atoms with Crippen LogP contribution in [0.5, 0.6) is 0 Å². The molecule has 2 aromatic carbocycles. The van der Waals surface area contributed by atoms with E-state index >= 15 is 0 Å². The number of hydrogen-bond acceptors (Lipinski definition) is 26. The molecular formula is C90H137N15O28P2S. The molecule has 136 heavy (non-hydrogen) atoms. The van der Waals surface area contributed by atoms with E-state index in [1.165, 1.54) is 4.90 Å². The third kappa shape index (κ3) is 43.3. The first kappa shape index (κ1) is 115. The zero-order valence-electron chi connectivity index (χ0n) is 77.2. The first-order valence-electron chi connectivity index (χ1n) is 46.4. The number of hydrogen-bond donors (Lipinski definition) is 19. The highest BCUT2D eigenvalue weighted by Crippen LogP contribution is 2.69. The number of aromatic nitrogens is 1. The number of aliphatic hydroxyl groups is 1. The van der Waals surface area contributed by atoms with Crippen LogP contribution in [0.3, 0.4) is 0 Å². The summed E-state index contributed by atoms with van der Waals surface area (Å²) in [6.45, 7) is 4.16. The molecule has 5 atom stereocenters. The molecule has 3 aromatic rings. The number of nitrogens with one attached hydrogen (secondary N) is 11. The number of benzene rings is 2. The number of Topliss-reactive ketones (excluding diaryl/α,β-unsaturated/α-hetero) is 2. The average molecular weight is 1970 g/mol. The highest BCUT2D eigenvalue weighted by Gasteiger charge is 2.59. The van der Waals surface area contributed by atoms with Crippen LogP contribution in [0.15, 0.2) is 73.1 Å². The van der Waals surface area contributed by atoms with Crippen molar-refractivity contribution in [2.24, 2.45) is 29.2 Å². The number of ketones is 2. The molecule has 1 unspecified atom stereocenters. The number of unbranched alkanes of at least 4 members (excludes halogenated alkanes) is 3. The number of pyridine rings is 1. The molecule has 1 saturated heterocycles. The van der Waals surface area contributed by atoms with E-state index in [1.807, 2.05) is 31.2 Å². The normalized spacial score (nSPS) is 16.4. The summed E-state index contributed by atoms with van der Waals surface area (Å²) in [6.07, 6.45) is 8.20. The second kappa shape index (κ2) is 61.3. The zero-order chi connectivity index (χ0) is 99.5. The maximum absolute atomic E-state index is 14.5. The summed E-state index contributed by atoms with van der Waals surface area (Å²) in [7, 11) is -11.2. The Morgan fingerprint density at radius 2 is 1.13 bits per heavy atom. The smallest absolute Gasteiger partial charge is 0.369 e. The van der Waals surface area contributed by atoms with E-state index in [2.05, 4.69) is 63.5 Å². The number of anilines is 2. The van der Waals surface area contributed by atoms with E-state index in [9.17, 15) is 116 Å². The molecule has 46 heteroatoms. The number of rotatable bonds is 68. The van der Waals surface area contributed by atoms with Crippen LogP contribution in [0, 0.1) is 24.7 Å². The molecule has 1 aromatic heterocycles. The van der Waals surface area contributed by atoms with Gasteiger partial charge in [-0.25, -0.2) is 4.79 Å². The highest BCUT2D eigenvalue weighted by atomic mass is 32.2. The zero-order valence-corrected chi connectivity index (χ0v) is 79.8. The van der Waals surface area contributed by atoms with Gasteiger partial charge in [0, 0.05) is 151 Å². The number of nitrogens with zero attached hydrogens (tertiary/aromatic N) is 2. The fourth-order valence-corrected chi connectivity index (χ4v) is 19.0. The summed E-state index contributed by atoms with van der Waals surface area (Å²) in [4.78, 5) is 251. The molecule has 756 valence electrons. The second-order valence-electron chi connectivity index (χ2n) is 34.2. The Kier molecular flexibility index (Phi) is 51.7. The van der Waals surface area contributed by atoms with Crippen molar-refractivity contribution < 1.29 is 135 Å². The van der Waals surface area contributed by atoms with Gasteiger partial charge in [-0.15, -0.1) is 11.8 Å². The lowest BCUT2D eigenvalue weighted by Gasteiger charge is -2.38. The molecule has 3 aliphatic rings. The SMILES string of the molecule is Cc1ccccc1NC(=O)Nc1ccc(CC(=O)C[C@@H](CCCCNC(=O)CCc2cccnc2)C(=O)N[C@@H](CCCC(=O)O)C(=O)NC2(C(=O)NCCOCCOCCNC(=O)CCC(=O)NCCOCCOCCNC(=O)CCC(=O)N[C@@H](CCCCNC(=O)[C@H](N)CSC3CC(=O)N(CC4CCC(C(=O)CCCCC(O)(P(=O)(O)O)P(=O)(O)O)CC4)C3=O)C(N)=O)CCCCC2)cc1. The number of likely N-dealkylation sites (tertiary alicyclic amines) is 1. The van der Waals surface area contributed by atoms with E-state index in [0.29, 0.717) is 94.1 Å². The number of urea groups is 1. The van der Waals surface area contributed by atoms with Crippen molar-refractivity contribution in [1.29, 1.82) is 0 Å². The molecule has 43 nitrogen and oxygen atoms in total. The molecular weight excluding hydrogens is 1830 g/mol. The Bertz CT molecular complexity index is 4480. The van der Waals surface area contributed by atoms with Crippen molar-refractivity contribution in [2.45, 2.75) is 240 Å². The van der Waals surface area contributed by atoms with E-state index in [0.717, 1.165) is 29.3 Å². The predicted molar refractivity (Wildman–Crippen MR) is 499 cm³/mol. The van der Waals surface area contributed by atoms with Gasteiger partial charge in [0.15, 0.2) is 0 Å². The molecule has 1 aliphatic heterocycles. The fraction of sp³-hybridized carbons (Fsp3) is 0.633. The number of aliphatic carboxylic acids is 1. The number of nitrogens with two attached hydrogens (primary N) is 2. The molecule has 0 radical (unpaired) electrons.